The van der Waals surface area contributed by atoms with Crippen molar-refractivity contribution in [3.63, 3.8) is 0 Å². The van der Waals surface area contributed by atoms with Gasteiger partial charge in [0.15, 0.2) is 0 Å². The number of thioether (sulfide) groups is 1. The van der Waals surface area contributed by atoms with Crippen LogP contribution in [0.5, 0.6) is 0 Å². The molecule has 0 radical (unpaired) electrons. The van der Waals surface area contributed by atoms with Crippen LogP contribution in [0.1, 0.15) is 50.8 Å². The SMILES string of the molecule is CCCOCCOCCNC(=O)[C@H](Cc1ccccc1)NC(=O)c1ccc(C(=O)N2CCSC2=S)c(C)c1C. The fourth-order valence-electron chi connectivity index (χ4n) is 4.15. The van der Waals surface area contributed by atoms with Gasteiger partial charge in [-0.2, -0.15) is 0 Å². The van der Waals surface area contributed by atoms with Gasteiger partial charge in [-0.1, -0.05) is 61.2 Å². The molecule has 1 saturated heterocycles. The Morgan fingerprint density at radius 1 is 0.974 bits per heavy atom. The molecule has 1 heterocycles. The highest BCUT2D eigenvalue weighted by atomic mass is 32.2. The summed E-state index contributed by atoms with van der Waals surface area (Å²) in [4.78, 5) is 41.1. The Balaban J connectivity index is 1.66. The molecule has 8 nitrogen and oxygen atoms in total. The van der Waals surface area contributed by atoms with E-state index in [0.717, 1.165) is 23.3 Å². The molecule has 2 aromatic carbocycles. The van der Waals surface area contributed by atoms with Crippen molar-refractivity contribution in [3.8, 4) is 0 Å². The summed E-state index contributed by atoms with van der Waals surface area (Å²) in [5, 5.41) is 5.77. The van der Waals surface area contributed by atoms with Crippen molar-refractivity contribution in [2.24, 2.45) is 0 Å². The second-order valence-electron chi connectivity index (χ2n) is 9.21. The molecule has 10 heteroatoms. The number of hydrogen-bond donors (Lipinski definition) is 2. The number of nitrogens with one attached hydrogen (secondary N) is 2. The van der Waals surface area contributed by atoms with Gasteiger partial charge >= 0.3 is 0 Å². The van der Waals surface area contributed by atoms with E-state index in [4.69, 9.17) is 21.7 Å². The number of amides is 3. The zero-order valence-corrected chi connectivity index (χ0v) is 24.4. The first-order valence-electron chi connectivity index (χ1n) is 13.2. The van der Waals surface area contributed by atoms with E-state index in [1.54, 1.807) is 17.0 Å². The average Bonchev–Trinajstić information content (AvgIpc) is 3.37. The van der Waals surface area contributed by atoms with Crippen LogP contribution in [0, 0.1) is 13.8 Å². The number of thiocarbonyl (C=S) groups is 1. The van der Waals surface area contributed by atoms with Gasteiger partial charge in [0.05, 0.1) is 19.8 Å². The van der Waals surface area contributed by atoms with Crippen LogP contribution in [0.2, 0.25) is 0 Å². The largest absolute Gasteiger partial charge is 0.379 e. The quantitative estimate of drug-likeness (QED) is 0.264. The lowest BCUT2D eigenvalue weighted by atomic mass is 9.96. The van der Waals surface area contributed by atoms with Gasteiger partial charge in [-0.15, -0.1) is 0 Å². The van der Waals surface area contributed by atoms with Crippen molar-refractivity contribution in [2.45, 2.75) is 39.7 Å². The van der Waals surface area contributed by atoms with E-state index in [9.17, 15) is 14.4 Å². The molecule has 0 spiro atoms. The maximum Gasteiger partial charge on any atom is 0.259 e. The molecule has 2 N–H and O–H groups in total. The molecule has 0 saturated carbocycles. The Bertz CT molecular complexity index is 1160. The monoisotopic (exact) mass is 571 g/mol. The third-order valence-electron chi connectivity index (χ3n) is 6.44. The zero-order chi connectivity index (χ0) is 28.2. The highest BCUT2D eigenvalue weighted by Crippen LogP contribution is 2.24. The summed E-state index contributed by atoms with van der Waals surface area (Å²) < 4.78 is 11.5. The summed E-state index contributed by atoms with van der Waals surface area (Å²) in [6.07, 6.45) is 1.29. The molecule has 39 heavy (non-hydrogen) atoms. The predicted molar refractivity (Wildman–Crippen MR) is 158 cm³/mol. The molecule has 1 fully saturated rings. The van der Waals surface area contributed by atoms with Crippen LogP contribution < -0.4 is 10.6 Å². The van der Waals surface area contributed by atoms with Gasteiger partial charge in [0.25, 0.3) is 11.8 Å². The highest BCUT2D eigenvalue weighted by molar-refractivity contribution is 8.23. The van der Waals surface area contributed by atoms with E-state index in [0.29, 0.717) is 66.9 Å². The number of rotatable bonds is 14. The number of ether oxygens (including phenoxy) is 2. The normalized spacial score (nSPS) is 13.8. The molecule has 1 atom stereocenters. The van der Waals surface area contributed by atoms with Crippen LogP contribution in [0.25, 0.3) is 0 Å². The molecule has 0 bridgehead atoms. The number of carbonyl (C=O) groups excluding carboxylic acids is 3. The number of nitrogens with zero attached hydrogens (tertiary/aromatic N) is 1. The van der Waals surface area contributed by atoms with E-state index in [-0.39, 0.29) is 17.7 Å². The summed E-state index contributed by atoms with van der Waals surface area (Å²) in [6, 6.07) is 12.1. The standard InChI is InChI=1S/C29H37N3O5S2/c1-4-14-36-16-17-37-15-12-30-27(34)25(19-22-8-6-5-7-9-22)31-26(33)23-10-11-24(21(3)20(23)2)28(35)32-13-18-39-29(32)38/h5-11,25H,4,12-19H2,1-3H3,(H,30,34)(H,31,33)/t25-/m0/s1. The van der Waals surface area contributed by atoms with Gasteiger partial charge in [0.2, 0.25) is 5.91 Å². The first-order chi connectivity index (χ1) is 18.8. The van der Waals surface area contributed by atoms with Gasteiger partial charge in [-0.05, 0) is 49.1 Å². The maximum atomic E-state index is 13.4. The third-order valence-corrected chi connectivity index (χ3v) is 7.87. The fourth-order valence-corrected chi connectivity index (χ4v) is 5.36. The summed E-state index contributed by atoms with van der Waals surface area (Å²) in [6.45, 7) is 8.60. The van der Waals surface area contributed by atoms with Gasteiger partial charge in [0, 0.05) is 43.0 Å². The summed E-state index contributed by atoms with van der Waals surface area (Å²) in [5.74, 6) is -0.0347. The topological polar surface area (TPSA) is 97.0 Å². The van der Waals surface area contributed by atoms with Crippen molar-refractivity contribution in [2.75, 3.05) is 45.3 Å². The van der Waals surface area contributed by atoms with Crippen molar-refractivity contribution >= 4 is 46.0 Å². The van der Waals surface area contributed by atoms with E-state index in [1.165, 1.54) is 11.8 Å². The lowest BCUT2D eigenvalue weighted by Crippen LogP contribution is -2.48. The third kappa shape index (κ3) is 8.86. The van der Waals surface area contributed by atoms with Crippen LogP contribution in [0.15, 0.2) is 42.5 Å². The molecule has 0 aromatic heterocycles. The van der Waals surface area contributed by atoms with Crippen molar-refractivity contribution < 1.29 is 23.9 Å². The lowest BCUT2D eigenvalue weighted by Gasteiger charge is -2.21. The summed E-state index contributed by atoms with van der Waals surface area (Å²) in [5.41, 5.74) is 3.27. The molecular weight excluding hydrogens is 534 g/mol. The van der Waals surface area contributed by atoms with Crippen LogP contribution >= 0.6 is 24.0 Å². The second kappa shape index (κ2) is 15.7. The Kier molecular flexibility index (Phi) is 12.4. The molecule has 1 aliphatic heterocycles. The van der Waals surface area contributed by atoms with E-state index < -0.39 is 6.04 Å². The summed E-state index contributed by atoms with van der Waals surface area (Å²) in [7, 11) is 0. The molecular formula is C29H37N3O5S2. The maximum absolute atomic E-state index is 13.4. The minimum atomic E-state index is -0.784. The second-order valence-corrected chi connectivity index (χ2v) is 10.9. The molecule has 3 amide bonds. The molecule has 0 aliphatic carbocycles. The minimum absolute atomic E-state index is 0.155. The molecule has 0 unspecified atom stereocenters. The first kappa shape index (κ1) is 30.7. The van der Waals surface area contributed by atoms with Gasteiger partial charge in [-0.25, -0.2) is 0 Å². The Hall–Kier alpha value is -2.79. The lowest BCUT2D eigenvalue weighted by molar-refractivity contribution is -0.123. The predicted octanol–water partition coefficient (Wildman–Crippen LogP) is 3.68. The van der Waals surface area contributed by atoms with Gasteiger partial charge < -0.3 is 20.1 Å². The Morgan fingerprint density at radius 2 is 1.64 bits per heavy atom. The number of benzene rings is 2. The van der Waals surface area contributed by atoms with Crippen molar-refractivity contribution in [1.82, 2.24) is 15.5 Å². The summed E-state index contributed by atoms with van der Waals surface area (Å²) >= 11 is 6.79. The molecule has 2 aromatic rings. The first-order valence-corrected chi connectivity index (χ1v) is 14.6. The van der Waals surface area contributed by atoms with Crippen LogP contribution in [-0.4, -0.2) is 78.3 Å². The van der Waals surface area contributed by atoms with Crippen LogP contribution in [0.4, 0.5) is 0 Å². The van der Waals surface area contributed by atoms with Crippen LogP contribution in [-0.2, 0) is 20.7 Å². The Morgan fingerprint density at radius 3 is 2.31 bits per heavy atom. The number of carbonyl (C=O) groups is 3. The number of hydrogen-bond acceptors (Lipinski definition) is 7. The van der Waals surface area contributed by atoms with Gasteiger partial charge in [-0.3, -0.25) is 19.3 Å². The highest BCUT2D eigenvalue weighted by Gasteiger charge is 2.28. The van der Waals surface area contributed by atoms with Crippen molar-refractivity contribution in [3.05, 3.63) is 70.3 Å². The van der Waals surface area contributed by atoms with Gasteiger partial charge in [0.1, 0.15) is 10.4 Å². The molecule has 210 valence electrons. The van der Waals surface area contributed by atoms with E-state index >= 15 is 0 Å². The zero-order valence-electron chi connectivity index (χ0n) is 22.8. The van der Waals surface area contributed by atoms with E-state index in [2.05, 4.69) is 10.6 Å². The van der Waals surface area contributed by atoms with Crippen LogP contribution in [0.3, 0.4) is 0 Å². The molecule has 1 aliphatic rings. The van der Waals surface area contributed by atoms with E-state index in [1.807, 2.05) is 51.1 Å². The minimum Gasteiger partial charge on any atom is -0.379 e. The smallest absolute Gasteiger partial charge is 0.259 e. The molecule has 3 rings (SSSR count). The fraction of sp³-hybridized carbons (Fsp3) is 0.448. The van der Waals surface area contributed by atoms with Crippen molar-refractivity contribution in [1.29, 1.82) is 0 Å². The Labute approximate surface area is 240 Å². The average molecular weight is 572 g/mol.